The first-order valence-corrected chi connectivity index (χ1v) is 6.61. The van der Waals surface area contributed by atoms with E-state index in [1.807, 2.05) is 0 Å². The molecule has 4 nitrogen and oxygen atoms in total. The van der Waals surface area contributed by atoms with E-state index in [-0.39, 0.29) is 11.1 Å². The number of ether oxygens (including phenoxy) is 1. The van der Waals surface area contributed by atoms with E-state index < -0.39 is 11.6 Å². The summed E-state index contributed by atoms with van der Waals surface area (Å²) in [7, 11) is 1.31. The number of rotatable bonds is 3. The van der Waals surface area contributed by atoms with Crippen LogP contribution in [0.5, 0.6) is 0 Å². The van der Waals surface area contributed by atoms with E-state index in [2.05, 4.69) is 32.9 Å². The molecule has 0 heterocycles. The summed E-state index contributed by atoms with van der Waals surface area (Å²) < 4.78 is 4.59. The van der Waals surface area contributed by atoms with Gasteiger partial charge in [0.05, 0.1) is 12.4 Å². The van der Waals surface area contributed by atoms with Gasteiger partial charge in [-0.2, -0.15) is 0 Å². The summed E-state index contributed by atoms with van der Waals surface area (Å²) in [6.45, 7) is 2.11. The number of amides is 1. The lowest BCUT2D eigenvalue weighted by Crippen LogP contribution is -2.57. The standard InChI is InChI=1S/C11H18BrNO3/c1-8-4-3-5-11(6-8,9(14)7-12)13-10(15)16-2/h8H,3-7H2,1-2H3,(H,13,15). The quantitative estimate of drug-likeness (QED) is 0.812. The van der Waals surface area contributed by atoms with E-state index in [0.717, 1.165) is 12.8 Å². The Balaban J connectivity index is 2.83. The molecule has 0 aliphatic heterocycles. The van der Waals surface area contributed by atoms with Crippen molar-refractivity contribution in [2.45, 2.75) is 38.1 Å². The Labute approximate surface area is 104 Å². The maximum Gasteiger partial charge on any atom is 0.407 e. The van der Waals surface area contributed by atoms with E-state index in [1.54, 1.807) is 0 Å². The van der Waals surface area contributed by atoms with Crippen LogP contribution in [0.1, 0.15) is 32.6 Å². The molecule has 1 amide bonds. The van der Waals surface area contributed by atoms with Gasteiger partial charge in [-0.1, -0.05) is 35.7 Å². The highest BCUT2D eigenvalue weighted by molar-refractivity contribution is 9.09. The number of hydrogen-bond acceptors (Lipinski definition) is 3. The van der Waals surface area contributed by atoms with Crippen molar-refractivity contribution in [3.8, 4) is 0 Å². The van der Waals surface area contributed by atoms with Crippen LogP contribution in [0.15, 0.2) is 0 Å². The van der Waals surface area contributed by atoms with Crippen LogP contribution < -0.4 is 5.32 Å². The minimum Gasteiger partial charge on any atom is -0.453 e. The predicted octanol–water partition coefficient (Wildman–Crippen LogP) is 2.26. The van der Waals surface area contributed by atoms with Crippen molar-refractivity contribution in [1.82, 2.24) is 5.32 Å². The van der Waals surface area contributed by atoms with Gasteiger partial charge in [-0.25, -0.2) is 4.79 Å². The van der Waals surface area contributed by atoms with E-state index in [9.17, 15) is 9.59 Å². The second-order valence-corrected chi connectivity index (χ2v) is 5.02. The Hall–Kier alpha value is -0.580. The number of nitrogens with one attached hydrogen (secondary N) is 1. The number of carbonyl (C=O) groups excluding carboxylic acids is 2. The molecule has 5 heteroatoms. The van der Waals surface area contributed by atoms with Crippen molar-refractivity contribution in [1.29, 1.82) is 0 Å². The maximum absolute atomic E-state index is 12.0. The first-order chi connectivity index (χ1) is 7.54. The van der Waals surface area contributed by atoms with Crippen LogP contribution in [-0.2, 0) is 9.53 Å². The third-order valence-electron chi connectivity index (χ3n) is 3.18. The fourth-order valence-electron chi connectivity index (χ4n) is 2.36. The summed E-state index contributed by atoms with van der Waals surface area (Å²) in [4.78, 5) is 23.3. The number of carbonyl (C=O) groups is 2. The zero-order valence-electron chi connectivity index (χ0n) is 9.72. The van der Waals surface area contributed by atoms with E-state index in [1.165, 1.54) is 7.11 Å². The molecular weight excluding hydrogens is 274 g/mol. The molecule has 2 unspecified atom stereocenters. The number of halogens is 1. The number of alkyl carbamates (subject to hydrolysis) is 1. The molecule has 1 fully saturated rings. The maximum atomic E-state index is 12.0. The summed E-state index contributed by atoms with van der Waals surface area (Å²) in [5.41, 5.74) is -0.728. The molecule has 0 aromatic heterocycles. The van der Waals surface area contributed by atoms with E-state index >= 15 is 0 Å². The SMILES string of the molecule is COC(=O)NC1(C(=O)CBr)CCCC(C)C1. The fourth-order valence-corrected chi connectivity index (χ4v) is 2.90. The lowest BCUT2D eigenvalue weighted by molar-refractivity contribution is -0.124. The topological polar surface area (TPSA) is 55.4 Å². The smallest absolute Gasteiger partial charge is 0.407 e. The normalized spacial score (nSPS) is 29.6. The summed E-state index contributed by atoms with van der Waals surface area (Å²) >= 11 is 3.18. The zero-order valence-corrected chi connectivity index (χ0v) is 11.3. The van der Waals surface area contributed by atoms with Crippen molar-refractivity contribution >= 4 is 27.8 Å². The third kappa shape index (κ3) is 2.97. The third-order valence-corrected chi connectivity index (χ3v) is 3.69. The van der Waals surface area contributed by atoms with Gasteiger partial charge < -0.3 is 10.1 Å². The van der Waals surface area contributed by atoms with Gasteiger partial charge in [-0.3, -0.25) is 4.79 Å². The van der Waals surface area contributed by atoms with Crippen LogP contribution in [0.2, 0.25) is 0 Å². The summed E-state index contributed by atoms with van der Waals surface area (Å²) in [5, 5.41) is 2.99. The van der Waals surface area contributed by atoms with Crippen molar-refractivity contribution in [3.63, 3.8) is 0 Å². The molecule has 1 N–H and O–H groups in total. The molecule has 1 aliphatic rings. The lowest BCUT2D eigenvalue weighted by atomic mass is 9.74. The van der Waals surface area contributed by atoms with E-state index in [0.29, 0.717) is 18.8 Å². The Morgan fingerprint density at radius 3 is 2.75 bits per heavy atom. The Bertz CT molecular complexity index is 282. The van der Waals surface area contributed by atoms with Gasteiger partial charge in [0, 0.05) is 0 Å². The van der Waals surface area contributed by atoms with Gasteiger partial charge in [-0.15, -0.1) is 0 Å². The van der Waals surface area contributed by atoms with Gasteiger partial charge in [0.25, 0.3) is 0 Å². The summed E-state index contributed by atoms with van der Waals surface area (Å²) in [6, 6.07) is 0. The molecule has 1 rings (SSSR count). The lowest BCUT2D eigenvalue weighted by Gasteiger charge is -2.38. The number of ketones is 1. The Morgan fingerprint density at radius 1 is 1.56 bits per heavy atom. The molecule has 2 atom stereocenters. The number of methoxy groups -OCH3 is 1. The fraction of sp³-hybridized carbons (Fsp3) is 0.818. The van der Waals surface area contributed by atoms with Crippen molar-refractivity contribution in [3.05, 3.63) is 0 Å². The molecule has 0 spiro atoms. The van der Waals surface area contributed by atoms with Crippen molar-refractivity contribution in [2.24, 2.45) is 5.92 Å². The Kier molecular flexibility index (Phi) is 4.77. The molecule has 0 radical (unpaired) electrons. The largest absolute Gasteiger partial charge is 0.453 e. The summed E-state index contributed by atoms with van der Waals surface area (Å²) in [5.74, 6) is 0.485. The Morgan fingerprint density at radius 2 is 2.25 bits per heavy atom. The molecule has 0 aromatic carbocycles. The zero-order chi connectivity index (χ0) is 12.2. The second-order valence-electron chi connectivity index (χ2n) is 4.46. The van der Waals surface area contributed by atoms with Gasteiger partial charge in [0.1, 0.15) is 5.54 Å². The van der Waals surface area contributed by atoms with Crippen LogP contribution in [0.4, 0.5) is 4.79 Å². The molecule has 1 aliphatic carbocycles. The molecule has 16 heavy (non-hydrogen) atoms. The highest BCUT2D eigenvalue weighted by Crippen LogP contribution is 2.33. The van der Waals surface area contributed by atoms with Gasteiger partial charge in [0.15, 0.2) is 5.78 Å². The average Bonchev–Trinajstić information content (AvgIpc) is 2.27. The van der Waals surface area contributed by atoms with Crippen molar-refractivity contribution < 1.29 is 14.3 Å². The minimum atomic E-state index is -0.728. The van der Waals surface area contributed by atoms with Crippen LogP contribution in [0.3, 0.4) is 0 Å². The molecule has 0 saturated heterocycles. The van der Waals surface area contributed by atoms with Crippen LogP contribution in [0, 0.1) is 5.92 Å². The first kappa shape index (κ1) is 13.5. The number of alkyl halides is 1. The first-order valence-electron chi connectivity index (χ1n) is 5.49. The molecule has 0 bridgehead atoms. The molecule has 92 valence electrons. The average molecular weight is 292 g/mol. The van der Waals surface area contributed by atoms with Gasteiger partial charge in [-0.05, 0) is 18.8 Å². The van der Waals surface area contributed by atoms with Crippen LogP contribution >= 0.6 is 15.9 Å². The van der Waals surface area contributed by atoms with Gasteiger partial charge in [0.2, 0.25) is 0 Å². The number of Topliss-reactive ketones (excluding diaryl/α,β-unsaturated/α-hetero) is 1. The number of hydrogen-bond donors (Lipinski definition) is 1. The van der Waals surface area contributed by atoms with Crippen molar-refractivity contribution in [2.75, 3.05) is 12.4 Å². The van der Waals surface area contributed by atoms with Crippen LogP contribution in [0.25, 0.3) is 0 Å². The molecule has 1 saturated carbocycles. The van der Waals surface area contributed by atoms with E-state index in [4.69, 9.17) is 0 Å². The molecule has 0 aromatic rings. The molecular formula is C11H18BrNO3. The highest BCUT2D eigenvalue weighted by atomic mass is 79.9. The van der Waals surface area contributed by atoms with Gasteiger partial charge >= 0.3 is 6.09 Å². The second kappa shape index (κ2) is 5.66. The highest BCUT2D eigenvalue weighted by Gasteiger charge is 2.42. The summed E-state index contributed by atoms with van der Waals surface area (Å²) in [6.07, 6.45) is 2.96. The minimum absolute atomic E-state index is 0.0319. The predicted molar refractivity (Wildman–Crippen MR) is 64.7 cm³/mol. The monoisotopic (exact) mass is 291 g/mol. The van der Waals surface area contributed by atoms with Crippen LogP contribution in [-0.4, -0.2) is 29.9 Å².